The van der Waals surface area contributed by atoms with Crippen LogP contribution in [0.15, 0.2) is 18.2 Å². The second-order valence-electron chi connectivity index (χ2n) is 4.71. The molecule has 1 saturated heterocycles. The Bertz CT molecular complexity index is 498. The Kier molecular flexibility index (Phi) is 6.52. The summed E-state index contributed by atoms with van der Waals surface area (Å²) in [6.45, 7) is 5.44. The van der Waals surface area contributed by atoms with Gasteiger partial charge in [-0.05, 0) is 37.5 Å². The van der Waals surface area contributed by atoms with Gasteiger partial charge in [0, 0.05) is 13.1 Å². The molecule has 0 spiro atoms. The number of anilines is 2. The number of carboxylic acid groups (broad SMARTS) is 1. The fourth-order valence-electron chi connectivity index (χ4n) is 2.34. The molecule has 0 saturated carbocycles. The van der Waals surface area contributed by atoms with Gasteiger partial charge in [0.15, 0.2) is 0 Å². The Hall–Kier alpha value is -1.92. The SMILES string of the molecule is CC.O=C(O)Nc1cc(C(F)(F)F)ccc1N1CCCCC1. The minimum atomic E-state index is -4.49. The maximum atomic E-state index is 12.7. The molecule has 0 bridgehead atoms. The van der Waals surface area contributed by atoms with Crippen LogP contribution in [0, 0.1) is 0 Å². The van der Waals surface area contributed by atoms with Gasteiger partial charge in [-0.15, -0.1) is 0 Å². The Labute approximate surface area is 127 Å². The van der Waals surface area contributed by atoms with Crippen LogP contribution < -0.4 is 10.2 Å². The van der Waals surface area contributed by atoms with Crippen molar-refractivity contribution in [1.29, 1.82) is 0 Å². The van der Waals surface area contributed by atoms with Crippen LogP contribution in [0.5, 0.6) is 0 Å². The van der Waals surface area contributed by atoms with Crippen LogP contribution in [-0.4, -0.2) is 24.3 Å². The predicted octanol–water partition coefficient (Wildman–Crippen LogP) is 4.81. The lowest BCUT2D eigenvalue weighted by molar-refractivity contribution is -0.137. The summed E-state index contributed by atoms with van der Waals surface area (Å²) in [6.07, 6.45) is -2.88. The van der Waals surface area contributed by atoms with Crippen LogP contribution in [0.4, 0.5) is 29.3 Å². The number of hydrogen-bond donors (Lipinski definition) is 2. The molecule has 0 atom stereocenters. The maximum Gasteiger partial charge on any atom is 0.416 e. The molecule has 2 N–H and O–H groups in total. The zero-order chi connectivity index (χ0) is 16.8. The number of alkyl halides is 3. The highest BCUT2D eigenvalue weighted by Gasteiger charge is 2.31. The molecule has 1 fully saturated rings. The number of nitrogens with zero attached hydrogens (tertiary/aromatic N) is 1. The van der Waals surface area contributed by atoms with Crippen LogP contribution in [0.25, 0.3) is 0 Å². The molecule has 0 unspecified atom stereocenters. The van der Waals surface area contributed by atoms with Gasteiger partial charge in [0.1, 0.15) is 0 Å². The standard InChI is InChI=1S/C13H15F3N2O2.C2H6/c14-13(15,16)9-4-5-11(10(8-9)17-12(19)20)18-6-2-1-3-7-18;1-2/h4-5,8,17H,1-3,6-7H2,(H,19,20);1-2H3. The van der Waals surface area contributed by atoms with Gasteiger partial charge < -0.3 is 10.0 Å². The zero-order valence-electron chi connectivity index (χ0n) is 12.7. The third-order valence-electron chi connectivity index (χ3n) is 3.26. The second kappa shape index (κ2) is 7.91. The molecule has 1 aliphatic heterocycles. The zero-order valence-corrected chi connectivity index (χ0v) is 12.7. The van der Waals surface area contributed by atoms with Crippen LogP contribution >= 0.6 is 0 Å². The van der Waals surface area contributed by atoms with E-state index in [4.69, 9.17) is 5.11 Å². The summed E-state index contributed by atoms with van der Waals surface area (Å²) < 4.78 is 38.1. The van der Waals surface area contributed by atoms with Gasteiger partial charge in [0.2, 0.25) is 0 Å². The van der Waals surface area contributed by atoms with E-state index in [0.29, 0.717) is 5.69 Å². The lowest BCUT2D eigenvalue weighted by Crippen LogP contribution is -2.30. The van der Waals surface area contributed by atoms with Crippen LogP contribution in [-0.2, 0) is 6.18 Å². The number of halogens is 3. The first kappa shape index (κ1) is 18.1. The van der Waals surface area contributed by atoms with Gasteiger partial charge in [-0.2, -0.15) is 13.2 Å². The molecule has 1 aromatic rings. The van der Waals surface area contributed by atoms with Crippen molar-refractivity contribution in [3.8, 4) is 0 Å². The number of rotatable bonds is 2. The van der Waals surface area contributed by atoms with Gasteiger partial charge in [0.05, 0.1) is 16.9 Å². The lowest BCUT2D eigenvalue weighted by Gasteiger charge is -2.30. The summed E-state index contributed by atoms with van der Waals surface area (Å²) in [6, 6.07) is 3.16. The number of benzene rings is 1. The van der Waals surface area contributed by atoms with Crippen molar-refractivity contribution in [2.75, 3.05) is 23.3 Å². The summed E-state index contributed by atoms with van der Waals surface area (Å²) in [5.41, 5.74) is -0.378. The number of hydrogen-bond acceptors (Lipinski definition) is 2. The maximum absolute atomic E-state index is 12.7. The van der Waals surface area contributed by atoms with Crippen molar-refractivity contribution in [1.82, 2.24) is 0 Å². The fourth-order valence-corrected chi connectivity index (χ4v) is 2.34. The van der Waals surface area contributed by atoms with Crippen LogP contribution in [0.1, 0.15) is 38.7 Å². The Morgan fingerprint density at radius 3 is 2.27 bits per heavy atom. The first-order valence-electron chi connectivity index (χ1n) is 7.34. The molecule has 22 heavy (non-hydrogen) atoms. The van der Waals surface area contributed by atoms with E-state index >= 15 is 0 Å². The largest absolute Gasteiger partial charge is 0.465 e. The van der Waals surface area contributed by atoms with E-state index in [1.165, 1.54) is 6.07 Å². The van der Waals surface area contributed by atoms with Crippen molar-refractivity contribution in [2.45, 2.75) is 39.3 Å². The van der Waals surface area contributed by atoms with Crippen LogP contribution in [0.3, 0.4) is 0 Å². The van der Waals surface area contributed by atoms with E-state index in [-0.39, 0.29) is 5.69 Å². The summed E-state index contributed by atoms with van der Waals surface area (Å²) in [7, 11) is 0. The molecule has 0 radical (unpaired) electrons. The normalized spacial score (nSPS) is 14.9. The number of amides is 1. The van der Waals surface area contributed by atoms with Gasteiger partial charge >= 0.3 is 12.3 Å². The molecule has 1 amide bonds. The highest BCUT2D eigenvalue weighted by atomic mass is 19.4. The van der Waals surface area contributed by atoms with Crippen molar-refractivity contribution in [3.63, 3.8) is 0 Å². The Morgan fingerprint density at radius 2 is 1.77 bits per heavy atom. The van der Waals surface area contributed by atoms with Gasteiger partial charge in [0.25, 0.3) is 0 Å². The molecule has 124 valence electrons. The second-order valence-corrected chi connectivity index (χ2v) is 4.71. The molecule has 4 nitrogen and oxygen atoms in total. The molecule has 1 aliphatic rings. The minimum absolute atomic E-state index is 0.0192. The van der Waals surface area contributed by atoms with Crippen molar-refractivity contribution < 1.29 is 23.1 Å². The first-order chi connectivity index (χ1) is 10.4. The van der Waals surface area contributed by atoms with Crippen molar-refractivity contribution >= 4 is 17.5 Å². The number of piperidine rings is 1. The average Bonchev–Trinajstić information content (AvgIpc) is 2.48. The summed E-state index contributed by atoms with van der Waals surface area (Å²) in [5.74, 6) is 0. The Morgan fingerprint density at radius 1 is 1.18 bits per heavy atom. The van der Waals surface area contributed by atoms with E-state index in [1.807, 2.05) is 18.7 Å². The fraction of sp³-hybridized carbons (Fsp3) is 0.533. The molecular weight excluding hydrogens is 297 g/mol. The minimum Gasteiger partial charge on any atom is -0.465 e. The quantitative estimate of drug-likeness (QED) is 0.822. The topological polar surface area (TPSA) is 52.6 Å². The predicted molar refractivity (Wildman–Crippen MR) is 80.5 cm³/mol. The van der Waals surface area contributed by atoms with E-state index < -0.39 is 17.8 Å². The highest BCUT2D eigenvalue weighted by molar-refractivity contribution is 5.88. The third-order valence-corrected chi connectivity index (χ3v) is 3.26. The smallest absolute Gasteiger partial charge is 0.416 e. The molecule has 2 rings (SSSR count). The van der Waals surface area contributed by atoms with Gasteiger partial charge in [-0.3, -0.25) is 5.32 Å². The van der Waals surface area contributed by atoms with Crippen molar-refractivity contribution in [2.24, 2.45) is 0 Å². The molecule has 0 aromatic heterocycles. The molecule has 1 aromatic carbocycles. The lowest BCUT2D eigenvalue weighted by atomic mass is 10.1. The van der Waals surface area contributed by atoms with E-state index in [2.05, 4.69) is 5.32 Å². The number of nitrogens with one attached hydrogen (secondary N) is 1. The van der Waals surface area contributed by atoms with Crippen molar-refractivity contribution in [3.05, 3.63) is 23.8 Å². The molecule has 7 heteroatoms. The van der Waals surface area contributed by atoms with Gasteiger partial charge in [-0.25, -0.2) is 4.79 Å². The van der Waals surface area contributed by atoms with E-state index in [9.17, 15) is 18.0 Å². The van der Waals surface area contributed by atoms with E-state index in [1.54, 1.807) is 0 Å². The summed E-state index contributed by atoms with van der Waals surface area (Å²) in [4.78, 5) is 12.7. The van der Waals surface area contributed by atoms with Crippen LogP contribution in [0.2, 0.25) is 0 Å². The number of carbonyl (C=O) groups is 1. The molecule has 0 aliphatic carbocycles. The summed E-state index contributed by atoms with van der Waals surface area (Å²) >= 11 is 0. The molecule has 1 heterocycles. The Balaban J connectivity index is 0.00000116. The monoisotopic (exact) mass is 318 g/mol. The average molecular weight is 318 g/mol. The van der Waals surface area contributed by atoms with E-state index in [0.717, 1.165) is 44.5 Å². The molecular formula is C15H21F3N2O2. The first-order valence-corrected chi connectivity index (χ1v) is 7.34. The highest BCUT2D eigenvalue weighted by Crippen LogP contribution is 2.36. The van der Waals surface area contributed by atoms with Gasteiger partial charge in [-0.1, -0.05) is 13.8 Å². The summed E-state index contributed by atoms with van der Waals surface area (Å²) in [5, 5.41) is 10.8. The third kappa shape index (κ3) is 4.82.